The molecule has 0 saturated carbocycles. The van der Waals surface area contributed by atoms with Gasteiger partial charge in [0.15, 0.2) is 0 Å². The molecule has 2 atom stereocenters. The van der Waals surface area contributed by atoms with Gasteiger partial charge < -0.3 is 9.64 Å². The number of rotatable bonds is 1. The zero-order valence-electron chi connectivity index (χ0n) is 10.6. The lowest BCUT2D eigenvalue weighted by molar-refractivity contribution is -0.199. The number of hydrogen-bond donors (Lipinski definition) is 0. The van der Waals surface area contributed by atoms with Gasteiger partial charge in [0.2, 0.25) is 0 Å². The average molecular weight is 258 g/mol. The van der Waals surface area contributed by atoms with Crippen LogP contribution >= 0.6 is 11.8 Å². The summed E-state index contributed by atoms with van der Waals surface area (Å²) < 4.78 is 5.69. The van der Waals surface area contributed by atoms with Crippen LogP contribution in [0.2, 0.25) is 0 Å². The summed E-state index contributed by atoms with van der Waals surface area (Å²) in [6.45, 7) is 2.34. The number of fused-ring (bicyclic) bond motifs is 5. The number of carbonyl (C=O) groups excluding carboxylic acids is 2. The Morgan fingerprint density at radius 3 is 2.47 bits per heavy atom. The first-order valence-corrected chi connectivity index (χ1v) is 6.88. The summed E-state index contributed by atoms with van der Waals surface area (Å²) in [5.41, 5.74) is -0.727. The normalized spacial score (nSPS) is 38.4. The molecule has 0 aromatic rings. The minimum atomic E-state index is -1.17. The van der Waals surface area contributed by atoms with E-state index in [1.54, 1.807) is 25.3 Å². The third-order valence-corrected chi connectivity index (χ3v) is 5.02. The first kappa shape index (κ1) is 12.7. The highest BCUT2D eigenvalue weighted by atomic mass is 32.2. The van der Waals surface area contributed by atoms with E-state index in [0.717, 1.165) is 6.42 Å². The Hall–Kier alpha value is -0.750. The lowest BCUT2D eigenvalue weighted by Gasteiger charge is -2.54. The largest absolute Gasteiger partial charge is 0.339 e. The number of hydrogen-bond acceptors (Lipinski definition) is 4. The maximum atomic E-state index is 12.5. The van der Waals surface area contributed by atoms with Crippen LogP contribution in [0.5, 0.6) is 0 Å². The molecule has 0 aliphatic carbocycles. The highest BCUT2D eigenvalue weighted by Gasteiger charge is 2.60. The van der Waals surface area contributed by atoms with Gasteiger partial charge in [0.05, 0.1) is 6.61 Å². The number of ether oxygens (including phenoxy) is 1. The maximum Gasteiger partial charge on any atom is 0.288 e. The van der Waals surface area contributed by atoms with Crippen molar-refractivity contribution in [3.05, 3.63) is 0 Å². The van der Waals surface area contributed by atoms with Crippen molar-refractivity contribution in [3.8, 4) is 0 Å². The van der Waals surface area contributed by atoms with E-state index >= 15 is 0 Å². The molecule has 0 aromatic carbocycles. The van der Waals surface area contributed by atoms with E-state index in [9.17, 15) is 9.59 Å². The molecule has 0 radical (unpaired) electrons. The van der Waals surface area contributed by atoms with Crippen LogP contribution in [0.25, 0.3) is 0 Å². The van der Waals surface area contributed by atoms with Crippen LogP contribution in [0.4, 0.5) is 0 Å². The first-order valence-electron chi connectivity index (χ1n) is 5.66. The number of nitrogens with zero attached hydrogens (tertiary/aromatic N) is 2. The molecular formula is C11H18N2O3S. The van der Waals surface area contributed by atoms with Gasteiger partial charge >= 0.3 is 0 Å². The fraction of sp³-hybridized carbons (Fsp3) is 0.818. The summed E-state index contributed by atoms with van der Waals surface area (Å²) in [5.74, 6) is -0.192. The van der Waals surface area contributed by atoms with E-state index in [-0.39, 0.29) is 11.8 Å². The molecule has 3 aliphatic heterocycles. The van der Waals surface area contributed by atoms with E-state index in [4.69, 9.17) is 4.74 Å². The second-order valence-electron chi connectivity index (χ2n) is 4.74. The number of piperazine rings is 1. The summed E-state index contributed by atoms with van der Waals surface area (Å²) in [7, 11) is 3.33. The van der Waals surface area contributed by atoms with Crippen molar-refractivity contribution < 1.29 is 14.3 Å². The molecule has 3 heterocycles. The van der Waals surface area contributed by atoms with Crippen LogP contribution in [-0.2, 0) is 14.3 Å². The third-order valence-electron chi connectivity index (χ3n) is 3.90. The molecular weight excluding hydrogens is 240 g/mol. The van der Waals surface area contributed by atoms with Crippen LogP contribution in [0.15, 0.2) is 0 Å². The Kier molecular flexibility index (Phi) is 2.90. The fourth-order valence-corrected chi connectivity index (χ4v) is 3.43. The third kappa shape index (κ3) is 1.43. The van der Waals surface area contributed by atoms with Crippen molar-refractivity contribution >= 4 is 23.6 Å². The molecule has 17 heavy (non-hydrogen) atoms. The monoisotopic (exact) mass is 258 g/mol. The van der Waals surface area contributed by atoms with Crippen LogP contribution in [0.3, 0.4) is 0 Å². The second-order valence-corrected chi connectivity index (χ2v) is 5.70. The van der Waals surface area contributed by atoms with E-state index < -0.39 is 10.6 Å². The van der Waals surface area contributed by atoms with Crippen molar-refractivity contribution in [1.82, 2.24) is 9.80 Å². The van der Waals surface area contributed by atoms with Crippen molar-refractivity contribution in [3.63, 3.8) is 0 Å². The topological polar surface area (TPSA) is 49.9 Å². The summed E-state index contributed by atoms with van der Waals surface area (Å²) in [4.78, 5) is 27.9. The quantitative estimate of drug-likeness (QED) is 0.687. The van der Waals surface area contributed by atoms with Gasteiger partial charge in [-0.2, -0.15) is 0 Å². The van der Waals surface area contributed by atoms with Crippen LogP contribution < -0.4 is 0 Å². The molecule has 96 valence electrons. The molecule has 5 nitrogen and oxygen atoms in total. The van der Waals surface area contributed by atoms with Gasteiger partial charge in [-0.3, -0.25) is 14.5 Å². The van der Waals surface area contributed by atoms with E-state index in [1.807, 2.05) is 6.92 Å². The SMILES string of the molecule is CSC12OCCC[C@@](C)(C(=O)N1C)N(C)C2=O. The number of likely N-dealkylation sites (N-methyl/N-ethyl adjacent to an activating group) is 2. The van der Waals surface area contributed by atoms with Gasteiger partial charge in [-0.15, -0.1) is 0 Å². The van der Waals surface area contributed by atoms with E-state index in [1.165, 1.54) is 16.7 Å². The van der Waals surface area contributed by atoms with Gasteiger partial charge in [0, 0.05) is 14.1 Å². The molecule has 3 aliphatic rings. The van der Waals surface area contributed by atoms with Gasteiger partial charge in [-0.1, -0.05) is 11.8 Å². The summed E-state index contributed by atoms with van der Waals surface area (Å²) >= 11 is 1.27. The minimum Gasteiger partial charge on any atom is -0.339 e. The predicted octanol–water partition coefficient (Wildman–Crippen LogP) is 0.503. The molecule has 3 fully saturated rings. The molecule has 2 amide bonds. The molecule has 0 spiro atoms. The molecule has 0 aromatic heterocycles. The predicted molar refractivity (Wildman–Crippen MR) is 65.4 cm³/mol. The number of amides is 2. The molecule has 1 unspecified atom stereocenters. The second kappa shape index (κ2) is 3.88. The van der Waals surface area contributed by atoms with Crippen LogP contribution in [0, 0.1) is 0 Å². The smallest absolute Gasteiger partial charge is 0.288 e. The van der Waals surface area contributed by atoms with Crippen LogP contribution in [-0.4, -0.2) is 59.2 Å². The highest BCUT2D eigenvalue weighted by Crippen LogP contribution is 2.42. The summed E-state index contributed by atoms with van der Waals surface area (Å²) in [6, 6.07) is 0. The van der Waals surface area contributed by atoms with Gasteiger partial charge in [0.25, 0.3) is 16.9 Å². The fourth-order valence-electron chi connectivity index (χ4n) is 2.56. The maximum absolute atomic E-state index is 12.5. The molecule has 2 bridgehead atoms. The lowest BCUT2D eigenvalue weighted by atomic mass is 9.88. The van der Waals surface area contributed by atoms with E-state index in [2.05, 4.69) is 0 Å². The minimum absolute atomic E-state index is 0.0475. The summed E-state index contributed by atoms with van der Waals surface area (Å²) in [6.07, 6.45) is 3.22. The summed E-state index contributed by atoms with van der Waals surface area (Å²) in [5, 5.41) is -1.17. The zero-order valence-corrected chi connectivity index (χ0v) is 11.5. The van der Waals surface area contributed by atoms with Crippen molar-refractivity contribution in [2.24, 2.45) is 0 Å². The average Bonchev–Trinajstić information content (AvgIpc) is 2.33. The Bertz CT molecular complexity index is 376. The number of carbonyl (C=O) groups is 2. The highest BCUT2D eigenvalue weighted by molar-refractivity contribution is 8.00. The standard InChI is InChI=1S/C11H18N2O3S/c1-10-6-5-7-16-11(17-4,9(15)12(10)2)13(3)8(10)14/h5-7H2,1-4H3/t10-,11?/m0/s1. The van der Waals surface area contributed by atoms with Gasteiger partial charge in [0.1, 0.15) is 5.54 Å². The van der Waals surface area contributed by atoms with Gasteiger partial charge in [-0.05, 0) is 26.0 Å². The lowest BCUT2D eigenvalue weighted by Crippen LogP contribution is -2.74. The van der Waals surface area contributed by atoms with E-state index in [0.29, 0.717) is 13.0 Å². The van der Waals surface area contributed by atoms with Crippen molar-refractivity contribution in [1.29, 1.82) is 0 Å². The zero-order chi connectivity index (χ0) is 12.8. The Balaban J connectivity index is 2.55. The van der Waals surface area contributed by atoms with Crippen molar-refractivity contribution in [2.75, 3.05) is 27.0 Å². The van der Waals surface area contributed by atoms with Crippen molar-refractivity contribution in [2.45, 2.75) is 30.4 Å². The Morgan fingerprint density at radius 1 is 1.24 bits per heavy atom. The molecule has 6 heteroatoms. The van der Waals surface area contributed by atoms with Crippen LogP contribution in [0.1, 0.15) is 19.8 Å². The van der Waals surface area contributed by atoms with Gasteiger partial charge in [-0.25, -0.2) is 0 Å². The molecule has 3 saturated heterocycles. The number of thioether (sulfide) groups is 1. The molecule has 3 rings (SSSR count). The Labute approximate surface area is 105 Å². The Morgan fingerprint density at radius 2 is 1.88 bits per heavy atom. The first-order chi connectivity index (χ1) is 7.90. The molecule has 0 N–H and O–H groups in total.